The van der Waals surface area contributed by atoms with Gasteiger partial charge in [-0.2, -0.15) is 0 Å². The van der Waals surface area contributed by atoms with Crippen molar-refractivity contribution < 1.29 is 10.2 Å². The summed E-state index contributed by atoms with van der Waals surface area (Å²) in [6.07, 6.45) is 12.5. The minimum atomic E-state index is -0.748. The van der Waals surface area contributed by atoms with Crippen molar-refractivity contribution in [1.29, 1.82) is 0 Å². The van der Waals surface area contributed by atoms with E-state index in [9.17, 15) is 10.2 Å². The van der Waals surface area contributed by atoms with Crippen LogP contribution in [0.2, 0.25) is 0 Å². The molecule has 2 aliphatic heterocycles. The van der Waals surface area contributed by atoms with E-state index in [2.05, 4.69) is 25.8 Å². The lowest BCUT2D eigenvalue weighted by molar-refractivity contribution is -0.149. The molecule has 3 atom stereocenters. The number of rotatable bonds is 5. The molecule has 0 spiro atoms. The molecule has 32 heavy (non-hydrogen) atoms. The fraction of sp³-hybridized carbons (Fsp3) is 0.615. The van der Waals surface area contributed by atoms with Crippen LogP contribution in [0.1, 0.15) is 48.9 Å². The molecular formula is C26H34N4O2. The predicted octanol–water partition coefficient (Wildman–Crippen LogP) is 2.53. The van der Waals surface area contributed by atoms with Crippen molar-refractivity contribution in [3.63, 3.8) is 0 Å². The zero-order valence-electron chi connectivity index (χ0n) is 18.8. The normalized spacial score (nSPS) is 32.7. The molecule has 6 rings (SSSR count). The lowest BCUT2D eigenvalue weighted by Crippen LogP contribution is -2.71. The monoisotopic (exact) mass is 434 g/mol. The first kappa shape index (κ1) is 20.6. The van der Waals surface area contributed by atoms with E-state index in [0.717, 1.165) is 76.4 Å². The van der Waals surface area contributed by atoms with Crippen LogP contribution in [0.4, 0.5) is 0 Å². The van der Waals surface area contributed by atoms with Crippen LogP contribution in [0.15, 0.2) is 36.8 Å². The standard InChI is InChI=1S/C26H34N4O2/c31-22-4-3-20-15-24-26(32)8-13-29(11-5-21-17-27-9-10-28-21)12-6-25(26,23(20)16-22)7-14-30(24)18-19-1-2-19/h3-4,9-10,16-17,19,24,31-32H,1-2,5-8,11-15,18H2/t24-,25+,26-/m1/s1. The highest BCUT2D eigenvalue weighted by Gasteiger charge is 2.63. The van der Waals surface area contributed by atoms with Gasteiger partial charge in [0.25, 0.3) is 0 Å². The number of phenols is 1. The Balaban J connectivity index is 1.31. The highest BCUT2D eigenvalue weighted by molar-refractivity contribution is 5.48. The Morgan fingerprint density at radius 3 is 2.72 bits per heavy atom. The number of aliphatic hydroxyl groups is 1. The average Bonchev–Trinajstić information content (AvgIpc) is 3.63. The molecule has 1 saturated carbocycles. The molecule has 6 heteroatoms. The molecule has 2 saturated heterocycles. The van der Waals surface area contributed by atoms with Gasteiger partial charge in [-0.25, -0.2) is 0 Å². The number of piperidine rings is 1. The van der Waals surface area contributed by atoms with E-state index in [1.807, 2.05) is 18.3 Å². The van der Waals surface area contributed by atoms with Crippen LogP contribution in [-0.4, -0.2) is 74.3 Å². The van der Waals surface area contributed by atoms with E-state index in [1.54, 1.807) is 12.4 Å². The topological polar surface area (TPSA) is 72.7 Å². The molecule has 1 aromatic carbocycles. The van der Waals surface area contributed by atoms with E-state index in [0.29, 0.717) is 5.75 Å². The number of aromatic hydroxyl groups is 1. The first-order valence-corrected chi connectivity index (χ1v) is 12.3. The molecule has 3 fully saturated rings. The molecular weight excluding hydrogens is 400 g/mol. The van der Waals surface area contributed by atoms with Crippen LogP contribution in [0.5, 0.6) is 5.75 Å². The summed E-state index contributed by atoms with van der Waals surface area (Å²) in [7, 11) is 0. The summed E-state index contributed by atoms with van der Waals surface area (Å²) in [5, 5.41) is 22.9. The Morgan fingerprint density at radius 2 is 1.91 bits per heavy atom. The number of phenolic OH excluding ortho intramolecular Hbond substituents is 1. The van der Waals surface area contributed by atoms with Gasteiger partial charge in [-0.1, -0.05) is 6.07 Å². The third-order valence-corrected chi connectivity index (χ3v) is 8.82. The SMILES string of the molecule is Oc1ccc2c(c1)[C@@]13CCN(CCc4cnccn4)CC[C@@]1(O)[C@@H](C2)N(CC1CC1)CC3. The van der Waals surface area contributed by atoms with E-state index >= 15 is 0 Å². The molecule has 6 nitrogen and oxygen atoms in total. The number of hydrogen-bond acceptors (Lipinski definition) is 6. The molecule has 0 amide bonds. The second kappa shape index (κ2) is 7.79. The summed E-state index contributed by atoms with van der Waals surface area (Å²) in [5.41, 5.74) is 2.54. The average molecular weight is 435 g/mol. The molecule has 2 aliphatic carbocycles. The van der Waals surface area contributed by atoms with Crippen LogP contribution in [0.25, 0.3) is 0 Å². The fourth-order valence-corrected chi connectivity index (χ4v) is 6.87. The number of aromatic nitrogens is 2. The Morgan fingerprint density at radius 1 is 1.06 bits per heavy atom. The number of fused-ring (bicyclic) bond motifs is 1. The van der Waals surface area contributed by atoms with Crippen LogP contribution in [0.3, 0.4) is 0 Å². The molecule has 0 unspecified atom stereocenters. The van der Waals surface area contributed by atoms with Crippen molar-refractivity contribution in [1.82, 2.24) is 19.8 Å². The van der Waals surface area contributed by atoms with Crippen molar-refractivity contribution >= 4 is 0 Å². The molecule has 0 radical (unpaired) electrons. The maximum absolute atomic E-state index is 12.5. The summed E-state index contributed by atoms with van der Waals surface area (Å²) < 4.78 is 0. The lowest BCUT2D eigenvalue weighted by atomic mass is 9.52. The molecule has 2 N–H and O–H groups in total. The molecule has 1 aromatic heterocycles. The van der Waals surface area contributed by atoms with Gasteiger partial charge >= 0.3 is 0 Å². The van der Waals surface area contributed by atoms with E-state index in [1.165, 1.54) is 24.0 Å². The lowest BCUT2D eigenvalue weighted by Gasteiger charge is -2.61. The Bertz CT molecular complexity index is 981. The number of likely N-dealkylation sites (tertiary alicyclic amines) is 2. The predicted molar refractivity (Wildman–Crippen MR) is 123 cm³/mol. The number of nitrogens with zero attached hydrogens (tertiary/aromatic N) is 4. The van der Waals surface area contributed by atoms with Crippen LogP contribution < -0.4 is 0 Å². The highest BCUT2D eigenvalue weighted by Crippen LogP contribution is 2.56. The van der Waals surface area contributed by atoms with Crippen LogP contribution in [-0.2, 0) is 18.3 Å². The van der Waals surface area contributed by atoms with Gasteiger partial charge in [0, 0.05) is 56.1 Å². The van der Waals surface area contributed by atoms with E-state index in [4.69, 9.17) is 0 Å². The molecule has 170 valence electrons. The third kappa shape index (κ3) is 3.35. The maximum atomic E-state index is 12.5. The zero-order valence-corrected chi connectivity index (χ0v) is 18.8. The smallest absolute Gasteiger partial charge is 0.115 e. The summed E-state index contributed by atoms with van der Waals surface area (Å²) >= 11 is 0. The highest BCUT2D eigenvalue weighted by atomic mass is 16.3. The first-order chi connectivity index (χ1) is 15.6. The van der Waals surface area contributed by atoms with Gasteiger partial charge in [-0.15, -0.1) is 0 Å². The Hall–Kier alpha value is -2.02. The molecule has 2 bridgehead atoms. The van der Waals surface area contributed by atoms with Crippen LogP contribution >= 0.6 is 0 Å². The minimum Gasteiger partial charge on any atom is -0.508 e. The quantitative estimate of drug-likeness (QED) is 0.754. The summed E-state index contributed by atoms with van der Waals surface area (Å²) in [4.78, 5) is 13.7. The first-order valence-electron chi connectivity index (χ1n) is 12.3. The van der Waals surface area contributed by atoms with Crippen molar-refractivity contribution in [2.45, 2.75) is 62.0 Å². The van der Waals surface area contributed by atoms with Gasteiger partial charge in [-0.05, 0) is 80.8 Å². The van der Waals surface area contributed by atoms with Gasteiger partial charge in [0.1, 0.15) is 5.75 Å². The van der Waals surface area contributed by atoms with Crippen molar-refractivity contribution in [2.24, 2.45) is 5.92 Å². The zero-order chi connectivity index (χ0) is 21.8. The second-order valence-electron chi connectivity index (χ2n) is 10.5. The van der Waals surface area contributed by atoms with Gasteiger partial charge < -0.3 is 15.1 Å². The number of benzene rings is 1. The summed E-state index contributed by atoms with van der Waals surface area (Å²) in [5.74, 6) is 1.14. The van der Waals surface area contributed by atoms with Crippen molar-refractivity contribution in [3.8, 4) is 5.75 Å². The van der Waals surface area contributed by atoms with E-state index < -0.39 is 5.60 Å². The van der Waals surface area contributed by atoms with E-state index in [-0.39, 0.29) is 11.5 Å². The minimum absolute atomic E-state index is 0.175. The van der Waals surface area contributed by atoms with Gasteiger partial charge in [0.2, 0.25) is 0 Å². The fourth-order valence-electron chi connectivity index (χ4n) is 6.87. The van der Waals surface area contributed by atoms with Gasteiger partial charge in [0.15, 0.2) is 0 Å². The third-order valence-electron chi connectivity index (χ3n) is 8.82. The molecule has 3 heterocycles. The van der Waals surface area contributed by atoms with Crippen molar-refractivity contribution in [3.05, 3.63) is 53.6 Å². The van der Waals surface area contributed by atoms with Gasteiger partial charge in [-0.3, -0.25) is 14.9 Å². The number of hydrogen-bond donors (Lipinski definition) is 2. The summed E-state index contributed by atoms with van der Waals surface area (Å²) in [6, 6.07) is 6.07. The van der Waals surface area contributed by atoms with Crippen molar-refractivity contribution in [2.75, 3.05) is 32.7 Å². The molecule has 4 aliphatic rings. The summed E-state index contributed by atoms with van der Waals surface area (Å²) in [6.45, 7) is 4.99. The maximum Gasteiger partial charge on any atom is 0.115 e. The second-order valence-corrected chi connectivity index (χ2v) is 10.5. The largest absolute Gasteiger partial charge is 0.508 e. The molecule has 2 aromatic rings. The Labute approximate surface area is 190 Å². The van der Waals surface area contributed by atoms with Crippen LogP contribution in [0, 0.1) is 5.92 Å². The Kier molecular flexibility index (Phi) is 5.01. The van der Waals surface area contributed by atoms with Gasteiger partial charge in [0.05, 0.1) is 11.3 Å².